The van der Waals surface area contributed by atoms with E-state index < -0.39 is 8.32 Å². The van der Waals surface area contributed by atoms with Crippen molar-refractivity contribution < 1.29 is 4.43 Å². The number of nitrogens with zero attached hydrogens (tertiary/aromatic N) is 2. The molecule has 2 heterocycles. The van der Waals surface area contributed by atoms with Gasteiger partial charge in [0.2, 0.25) is 8.32 Å². The van der Waals surface area contributed by atoms with E-state index in [2.05, 4.69) is 38.8 Å². The predicted molar refractivity (Wildman–Crippen MR) is 113 cm³/mol. The van der Waals surface area contributed by atoms with E-state index in [1.165, 1.54) is 0 Å². The lowest BCUT2D eigenvalue weighted by Gasteiger charge is -2.36. The molecule has 0 radical (unpaired) electrons. The van der Waals surface area contributed by atoms with Crippen molar-refractivity contribution in [3.05, 3.63) is 47.3 Å². The lowest BCUT2D eigenvalue weighted by Crippen LogP contribution is -2.43. The molecule has 0 aliphatic carbocycles. The fourth-order valence-corrected chi connectivity index (χ4v) is 3.96. The maximum absolute atomic E-state index is 6.34. The molecule has 26 heavy (non-hydrogen) atoms. The third-order valence-corrected chi connectivity index (χ3v) is 9.97. The van der Waals surface area contributed by atoms with E-state index >= 15 is 0 Å². The molecule has 0 aliphatic rings. The van der Waals surface area contributed by atoms with Crippen molar-refractivity contribution in [2.75, 3.05) is 5.73 Å². The molecule has 0 fully saturated rings. The van der Waals surface area contributed by atoms with Crippen LogP contribution in [0.25, 0.3) is 22.5 Å². The number of anilines is 1. The highest BCUT2D eigenvalue weighted by molar-refractivity contribution is 7.08. The summed E-state index contributed by atoms with van der Waals surface area (Å²) in [6, 6.07) is 10.1. The quantitative estimate of drug-likeness (QED) is 0.575. The Hall–Kier alpha value is -2.18. The van der Waals surface area contributed by atoms with E-state index in [1.807, 2.05) is 41.1 Å². The Bertz CT molecular complexity index is 884. The highest BCUT2D eigenvalue weighted by Crippen LogP contribution is 2.37. The molecule has 0 bridgehead atoms. The second-order valence-electron chi connectivity index (χ2n) is 7.89. The molecular weight excluding hydrogens is 358 g/mol. The van der Waals surface area contributed by atoms with Crippen LogP contribution >= 0.6 is 11.3 Å². The summed E-state index contributed by atoms with van der Waals surface area (Å²) in [6.07, 6.45) is 1.72. The minimum atomic E-state index is -1.84. The van der Waals surface area contributed by atoms with Gasteiger partial charge in [-0.2, -0.15) is 11.3 Å². The Morgan fingerprint density at radius 1 is 1.04 bits per heavy atom. The number of aromatic nitrogens is 2. The van der Waals surface area contributed by atoms with E-state index in [0.717, 1.165) is 28.3 Å². The highest BCUT2D eigenvalue weighted by Gasteiger charge is 2.38. The van der Waals surface area contributed by atoms with Gasteiger partial charge in [-0.05, 0) is 53.8 Å². The fourth-order valence-electron chi connectivity index (χ4n) is 2.29. The summed E-state index contributed by atoms with van der Waals surface area (Å²) < 4.78 is 6.34. The van der Waals surface area contributed by atoms with Crippen LogP contribution in [0.5, 0.6) is 5.75 Å². The van der Waals surface area contributed by atoms with E-state index in [4.69, 9.17) is 15.1 Å². The predicted octanol–water partition coefficient (Wildman–Crippen LogP) is 5.84. The lowest BCUT2D eigenvalue weighted by atomic mass is 10.1. The zero-order chi connectivity index (χ0) is 18.9. The van der Waals surface area contributed by atoms with Crippen molar-refractivity contribution in [2.45, 2.75) is 38.9 Å². The maximum atomic E-state index is 6.34. The van der Waals surface area contributed by atoms with Crippen LogP contribution in [0.15, 0.2) is 47.3 Å². The van der Waals surface area contributed by atoms with Gasteiger partial charge in [-0.15, -0.1) is 0 Å². The molecule has 0 aliphatic heterocycles. The normalized spacial score (nSPS) is 12.2. The molecule has 0 spiro atoms. The number of thiophene rings is 1. The Morgan fingerprint density at radius 2 is 1.73 bits per heavy atom. The summed E-state index contributed by atoms with van der Waals surface area (Å²) in [5.74, 6) is 1.35. The van der Waals surface area contributed by atoms with Crippen LogP contribution in [0, 0.1) is 0 Å². The summed E-state index contributed by atoms with van der Waals surface area (Å²) in [7, 11) is -1.84. The molecule has 0 amide bonds. The molecule has 6 heteroatoms. The number of nitrogen functional groups attached to an aromatic ring is 1. The number of benzene rings is 1. The van der Waals surface area contributed by atoms with Crippen LogP contribution in [0.1, 0.15) is 20.8 Å². The van der Waals surface area contributed by atoms with Gasteiger partial charge in [0.05, 0.1) is 11.9 Å². The Kier molecular flexibility index (Phi) is 4.90. The molecule has 0 atom stereocenters. The Labute approximate surface area is 160 Å². The molecule has 0 saturated carbocycles. The molecular formula is C20H25N3OSSi. The van der Waals surface area contributed by atoms with Crippen LogP contribution in [-0.2, 0) is 0 Å². The van der Waals surface area contributed by atoms with Crippen molar-refractivity contribution in [3.63, 3.8) is 0 Å². The Morgan fingerprint density at radius 3 is 2.31 bits per heavy atom. The van der Waals surface area contributed by atoms with Crippen LogP contribution in [0.3, 0.4) is 0 Å². The third-order valence-electron chi connectivity index (χ3n) is 4.92. The van der Waals surface area contributed by atoms with Gasteiger partial charge in [-0.1, -0.05) is 20.8 Å². The highest BCUT2D eigenvalue weighted by atomic mass is 32.1. The summed E-state index contributed by atoms with van der Waals surface area (Å²) >= 11 is 1.62. The molecule has 3 aromatic rings. The topological polar surface area (TPSA) is 61.0 Å². The molecule has 4 nitrogen and oxygen atoms in total. The number of hydrogen-bond acceptors (Lipinski definition) is 5. The SMILES string of the molecule is CC(C)(C)[Si](C)(C)Oc1ccc(-c2cnc(N)c(-c3ccsc3)n2)cc1. The largest absolute Gasteiger partial charge is 0.544 e. The second-order valence-corrected chi connectivity index (χ2v) is 13.4. The minimum Gasteiger partial charge on any atom is -0.544 e. The van der Waals surface area contributed by atoms with Gasteiger partial charge in [-0.25, -0.2) is 9.97 Å². The van der Waals surface area contributed by atoms with Gasteiger partial charge in [-0.3, -0.25) is 0 Å². The maximum Gasteiger partial charge on any atom is 0.250 e. The summed E-state index contributed by atoms with van der Waals surface area (Å²) in [5, 5.41) is 4.21. The standard InChI is InChI=1S/C20H25N3OSSi/c1-20(2,3)26(4,5)24-16-8-6-14(7-9-16)17-12-22-19(21)18(23-17)15-10-11-25-13-15/h6-13H,1-5H3,(H2,21,22). The van der Waals surface area contributed by atoms with Crippen LogP contribution in [-0.4, -0.2) is 18.3 Å². The molecule has 2 N–H and O–H groups in total. The van der Waals surface area contributed by atoms with Gasteiger partial charge in [0.1, 0.15) is 17.3 Å². The zero-order valence-electron chi connectivity index (χ0n) is 15.9. The van der Waals surface area contributed by atoms with E-state index in [0.29, 0.717) is 5.82 Å². The summed E-state index contributed by atoms with van der Waals surface area (Å²) in [5.41, 5.74) is 9.54. The number of rotatable bonds is 4. The first-order valence-electron chi connectivity index (χ1n) is 8.62. The molecule has 0 unspecified atom stereocenters. The van der Waals surface area contributed by atoms with Gasteiger partial charge < -0.3 is 10.2 Å². The Balaban J connectivity index is 1.87. The third kappa shape index (κ3) is 3.81. The van der Waals surface area contributed by atoms with Crippen molar-refractivity contribution in [3.8, 4) is 28.3 Å². The number of hydrogen-bond donors (Lipinski definition) is 1. The monoisotopic (exact) mass is 383 g/mol. The van der Waals surface area contributed by atoms with Crippen molar-refractivity contribution in [1.82, 2.24) is 9.97 Å². The molecule has 0 saturated heterocycles. The molecule has 2 aromatic heterocycles. The van der Waals surface area contributed by atoms with E-state index in [-0.39, 0.29) is 5.04 Å². The minimum absolute atomic E-state index is 0.170. The lowest BCUT2D eigenvalue weighted by molar-refractivity contribution is 0.492. The first kappa shape index (κ1) is 18.6. The molecule has 3 rings (SSSR count). The van der Waals surface area contributed by atoms with Gasteiger partial charge >= 0.3 is 0 Å². The average molecular weight is 384 g/mol. The van der Waals surface area contributed by atoms with Gasteiger partial charge in [0.25, 0.3) is 0 Å². The molecule has 136 valence electrons. The van der Waals surface area contributed by atoms with Gasteiger partial charge in [0.15, 0.2) is 0 Å². The smallest absolute Gasteiger partial charge is 0.250 e. The van der Waals surface area contributed by atoms with E-state index in [9.17, 15) is 0 Å². The van der Waals surface area contributed by atoms with Crippen molar-refractivity contribution >= 4 is 25.5 Å². The van der Waals surface area contributed by atoms with Crippen molar-refractivity contribution in [2.24, 2.45) is 0 Å². The van der Waals surface area contributed by atoms with E-state index in [1.54, 1.807) is 17.5 Å². The first-order chi connectivity index (χ1) is 12.2. The molecule has 1 aromatic carbocycles. The van der Waals surface area contributed by atoms with Crippen molar-refractivity contribution in [1.29, 1.82) is 0 Å². The van der Waals surface area contributed by atoms with Crippen LogP contribution in [0.2, 0.25) is 18.1 Å². The second kappa shape index (κ2) is 6.85. The summed E-state index contributed by atoms with van der Waals surface area (Å²) in [6.45, 7) is 11.2. The zero-order valence-corrected chi connectivity index (χ0v) is 17.7. The van der Waals surface area contributed by atoms with Crippen LogP contribution < -0.4 is 10.2 Å². The fraction of sp³-hybridized carbons (Fsp3) is 0.300. The first-order valence-corrected chi connectivity index (χ1v) is 12.5. The average Bonchev–Trinajstić information content (AvgIpc) is 3.09. The van der Waals surface area contributed by atoms with Crippen LogP contribution in [0.4, 0.5) is 5.82 Å². The number of nitrogens with two attached hydrogens (primary N) is 1. The van der Waals surface area contributed by atoms with Gasteiger partial charge in [0, 0.05) is 16.5 Å². The summed E-state index contributed by atoms with van der Waals surface area (Å²) in [4.78, 5) is 9.04.